The van der Waals surface area contributed by atoms with E-state index in [1.165, 1.54) is 0 Å². The Morgan fingerprint density at radius 3 is 2.00 bits per heavy atom. The van der Waals surface area contributed by atoms with Crippen LogP contribution in [0.1, 0.15) is 52.9 Å². The van der Waals surface area contributed by atoms with Gasteiger partial charge in [0.25, 0.3) is 0 Å². The molecule has 18 heteroatoms. The fraction of sp³-hybridized carbons (Fsp3) is 0.929. The van der Waals surface area contributed by atoms with Gasteiger partial charge in [0, 0.05) is 6.61 Å². The van der Waals surface area contributed by atoms with Gasteiger partial charge in [-0.2, -0.15) is 0 Å². The lowest BCUT2D eigenvalue weighted by Crippen LogP contribution is -2.62. The molecule has 1 fully saturated rings. The smallest absolute Gasteiger partial charge is 0.213 e. The summed E-state index contributed by atoms with van der Waals surface area (Å²) in [7, 11) is 0. The summed E-state index contributed by atoms with van der Waals surface area (Å²) in [6.45, 7) is 6.44. The Hall–Kier alpha value is -1.14. The molecular weight excluding hydrogens is 624 g/mol. The van der Waals surface area contributed by atoms with Gasteiger partial charge in [0.1, 0.15) is 54.6 Å². The molecule has 1 heterocycles. The van der Waals surface area contributed by atoms with E-state index >= 15 is 0 Å². The molecule has 0 aromatic carbocycles. The van der Waals surface area contributed by atoms with Crippen LogP contribution < -0.4 is 0 Å². The van der Waals surface area contributed by atoms with E-state index in [1.807, 2.05) is 6.92 Å². The first-order chi connectivity index (χ1) is 21.5. The van der Waals surface area contributed by atoms with Crippen molar-refractivity contribution in [1.82, 2.24) is 0 Å². The van der Waals surface area contributed by atoms with Gasteiger partial charge in [-0.15, -0.1) is 0 Å². The summed E-state index contributed by atoms with van der Waals surface area (Å²) >= 11 is 0. The SMILES string of the molecule is C=C(O)C(O)OCCC(O)C(OC1OC(CO)C(O)C(O)C1O)C(OC(O)C(O)C(O)C(O)CCO)C(O)OC(C)(CC)CCC. The molecule has 0 bridgehead atoms. The lowest BCUT2D eigenvalue weighted by Gasteiger charge is -2.44. The predicted molar refractivity (Wildman–Crippen MR) is 154 cm³/mol. The first-order valence-corrected chi connectivity index (χ1v) is 15.1. The molecule has 18 nitrogen and oxygen atoms in total. The number of ether oxygens (including phenoxy) is 5. The molecule has 1 aliphatic heterocycles. The Morgan fingerprint density at radius 2 is 1.48 bits per heavy atom. The molecule has 1 saturated heterocycles. The van der Waals surface area contributed by atoms with Crippen molar-refractivity contribution in [3.63, 3.8) is 0 Å². The summed E-state index contributed by atoms with van der Waals surface area (Å²) in [5.41, 5.74) is -1.02. The van der Waals surface area contributed by atoms with Gasteiger partial charge in [-0.3, -0.25) is 0 Å². The summed E-state index contributed by atoms with van der Waals surface area (Å²) in [6, 6.07) is 0. The van der Waals surface area contributed by atoms with Crippen molar-refractivity contribution in [1.29, 1.82) is 0 Å². The second-order valence-corrected chi connectivity index (χ2v) is 11.5. The number of aliphatic hydroxyl groups excluding tert-OH is 13. The fourth-order valence-electron chi connectivity index (χ4n) is 4.74. The van der Waals surface area contributed by atoms with E-state index in [1.54, 1.807) is 13.8 Å². The van der Waals surface area contributed by atoms with E-state index in [2.05, 4.69) is 6.58 Å². The van der Waals surface area contributed by atoms with Gasteiger partial charge in [0.2, 0.25) is 6.29 Å². The van der Waals surface area contributed by atoms with E-state index in [4.69, 9.17) is 28.8 Å². The normalized spacial score (nSPS) is 29.5. The van der Waals surface area contributed by atoms with Crippen molar-refractivity contribution < 1.29 is 90.1 Å². The summed E-state index contributed by atoms with van der Waals surface area (Å²) in [6.07, 6.45) is -26.9. The molecule has 0 saturated carbocycles. The summed E-state index contributed by atoms with van der Waals surface area (Å²) in [5.74, 6) is -0.748. The molecule has 13 N–H and O–H groups in total. The minimum absolute atomic E-state index is 0.347. The van der Waals surface area contributed by atoms with Crippen LogP contribution in [0.4, 0.5) is 0 Å². The molecule has 0 aromatic heterocycles. The quantitative estimate of drug-likeness (QED) is 0.0360. The number of aliphatic hydroxyl groups is 13. The van der Waals surface area contributed by atoms with Crippen molar-refractivity contribution in [3.05, 3.63) is 12.3 Å². The van der Waals surface area contributed by atoms with Crippen molar-refractivity contribution in [3.8, 4) is 0 Å². The Morgan fingerprint density at radius 1 is 0.848 bits per heavy atom. The molecule has 15 unspecified atom stereocenters. The molecule has 0 spiro atoms. The Bertz CT molecular complexity index is 851. The maximum atomic E-state index is 11.3. The minimum Gasteiger partial charge on any atom is -0.508 e. The Kier molecular flexibility index (Phi) is 19.0. The van der Waals surface area contributed by atoms with Gasteiger partial charge in [-0.05, 0) is 32.6 Å². The highest BCUT2D eigenvalue weighted by atomic mass is 16.7. The fourth-order valence-corrected chi connectivity index (χ4v) is 4.74. The van der Waals surface area contributed by atoms with Crippen LogP contribution in [0.5, 0.6) is 0 Å². The molecule has 46 heavy (non-hydrogen) atoms. The molecule has 0 amide bonds. The molecule has 15 atom stereocenters. The van der Waals surface area contributed by atoms with Gasteiger partial charge in [-0.25, -0.2) is 0 Å². The van der Waals surface area contributed by atoms with Crippen LogP contribution in [-0.4, -0.2) is 178 Å². The lowest BCUT2D eigenvalue weighted by molar-refractivity contribution is -0.353. The number of hydrogen-bond acceptors (Lipinski definition) is 18. The Labute approximate surface area is 267 Å². The molecule has 1 rings (SSSR count). The average molecular weight is 679 g/mol. The highest BCUT2D eigenvalue weighted by Gasteiger charge is 2.49. The monoisotopic (exact) mass is 678 g/mol. The van der Waals surface area contributed by atoms with Crippen LogP contribution in [0.3, 0.4) is 0 Å². The third kappa shape index (κ3) is 12.4. The maximum absolute atomic E-state index is 11.3. The third-order valence-corrected chi connectivity index (χ3v) is 7.79. The molecule has 274 valence electrons. The summed E-state index contributed by atoms with van der Waals surface area (Å²) in [5, 5.41) is 133. The van der Waals surface area contributed by atoms with Crippen molar-refractivity contribution in [2.45, 2.75) is 145 Å². The van der Waals surface area contributed by atoms with E-state index < -0.39 is 124 Å². The lowest BCUT2D eigenvalue weighted by atomic mass is 9.96. The summed E-state index contributed by atoms with van der Waals surface area (Å²) < 4.78 is 27.5. The molecule has 0 radical (unpaired) electrons. The van der Waals surface area contributed by atoms with E-state index in [0.717, 1.165) is 0 Å². The zero-order chi connectivity index (χ0) is 35.4. The van der Waals surface area contributed by atoms with Gasteiger partial charge in [0.05, 0.1) is 31.0 Å². The maximum Gasteiger partial charge on any atom is 0.213 e. The third-order valence-electron chi connectivity index (χ3n) is 7.79. The molecule has 1 aliphatic rings. The predicted octanol–water partition coefficient (Wildman–Crippen LogP) is -4.20. The van der Waals surface area contributed by atoms with E-state index in [-0.39, 0.29) is 6.42 Å². The average Bonchev–Trinajstić information content (AvgIpc) is 3.01. The van der Waals surface area contributed by atoms with Crippen molar-refractivity contribution >= 4 is 0 Å². The second-order valence-electron chi connectivity index (χ2n) is 11.5. The largest absolute Gasteiger partial charge is 0.508 e. The zero-order valence-corrected chi connectivity index (χ0v) is 26.3. The minimum atomic E-state index is -2.42. The van der Waals surface area contributed by atoms with Gasteiger partial charge < -0.3 is 90.1 Å². The molecular formula is C28H54O18. The van der Waals surface area contributed by atoms with Gasteiger partial charge >= 0.3 is 0 Å². The van der Waals surface area contributed by atoms with Crippen LogP contribution in [0, 0.1) is 0 Å². The zero-order valence-electron chi connectivity index (χ0n) is 26.3. The second kappa shape index (κ2) is 20.4. The number of rotatable bonds is 23. The Balaban J connectivity index is 3.56. The highest BCUT2D eigenvalue weighted by Crippen LogP contribution is 2.30. The van der Waals surface area contributed by atoms with E-state index in [0.29, 0.717) is 19.3 Å². The van der Waals surface area contributed by atoms with Crippen LogP contribution >= 0.6 is 0 Å². The first kappa shape index (κ1) is 42.9. The molecule has 0 aromatic rings. The van der Waals surface area contributed by atoms with Gasteiger partial charge in [0.15, 0.2) is 18.9 Å². The topological polar surface area (TPSA) is 309 Å². The number of hydrogen-bond donors (Lipinski definition) is 13. The van der Waals surface area contributed by atoms with Gasteiger partial charge in [-0.1, -0.05) is 26.8 Å². The summed E-state index contributed by atoms with van der Waals surface area (Å²) in [4.78, 5) is 0. The van der Waals surface area contributed by atoms with Crippen LogP contribution in [0.25, 0.3) is 0 Å². The molecule has 0 aliphatic carbocycles. The highest BCUT2D eigenvalue weighted by molar-refractivity contribution is 4.92. The van der Waals surface area contributed by atoms with Crippen molar-refractivity contribution in [2.75, 3.05) is 19.8 Å². The van der Waals surface area contributed by atoms with Crippen molar-refractivity contribution in [2.24, 2.45) is 0 Å². The first-order valence-electron chi connectivity index (χ1n) is 15.1. The van der Waals surface area contributed by atoms with E-state index in [9.17, 15) is 61.3 Å². The van der Waals surface area contributed by atoms with Crippen LogP contribution in [0.2, 0.25) is 0 Å². The van der Waals surface area contributed by atoms with Crippen LogP contribution in [-0.2, 0) is 23.7 Å². The standard InChI is InChI=1S/C28H54O18/c1-5-9-28(4,6-2)46-26(41)23(44-25(40)20(37)17(34)14(32)7-10-29)22(15(33)8-11-42-24(39)13(3)31)45-27-21(38)19(36)18(35)16(12-30)43-27/h14-27,29-41H,3,5-12H2,1-2,4H3. The van der Waals surface area contributed by atoms with Crippen LogP contribution in [0.15, 0.2) is 12.3 Å².